The predicted molar refractivity (Wildman–Crippen MR) is 63.8 cm³/mol. The largest absolute Gasteiger partial charge is 0.481 e. The maximum Gasteiger partial charge on any atom is 0.403 e. The Kier molecular flexibility index (Phi) is 4.75. The summed E-state index contributed by atoms with van der Waals surface area (Å²) in [7, 11) is 0. The molecule has 0 spiro atoms. The molecule has 0 aliphatic carbocycles. The Bertz CT molecular complexity index is 453. The molecule has 1 aromatic rings. The molecule has 3 N–H and O–H groups in total. The molecule has 3 nitrogen and oxygen atoms in total. The van der Waals surface area contributed by atoms with Gasteiger partial charge in [0.2, 0.25) is 0 Å². The first-order valence-corrected chi connectivity index (χ1v) is 6.05. The fourth-order valence-corrected chi connectivity index (χ4v) is 2.50. The van der Waals surface area contributed by atoms with Gasteiger partial charge in [0, 0.05) is 16.3 Å². The maximum atomic E-state index is 12.4. The average Bonchev–Trinajstić information content (AvgIpc) is 2.18. The van der Waals surface area contributed by atoms with E-state index in [0.29, 0.717) is 10.6 Å². The molecule has 1 aromatic carbocycles. The van der Waals surface area contributed by atoms with E-state index in [9.17, 15) is 18.0 Å². The number of benzene rings is 1. The number of rotatable bonds is 4. The number of carboxylic acids is 1. The van der Waals surface area contributed by atoms with Crippen LogP contribution in [0, 0.1) is 5.92 Å². The fraction of sp³-hybridized carbons (Fsp3) is 0.300. The van der Waals surface area contributed by atoms with Crippen molar-refractivity contribution in [2.24, 2.45) is 5.92 Å². The first-order chi connectivity index (χ1) is 8.21. The number of carbonyl (C=O) groups is 1. The van der Waals surface area contributed by atoms with Crippen molar-refractivity contribution in [2.45, 2.75) is 11.1 Å². The highest BCUT2D eigenvalue weighted by atomic mass is 35.5. The third kappa shape index (κ3) is 3.99. The molecule has 0 saturated heterocycles. The smallest absolute Gasteiger partial charge is 0.403 e. The van der Waals surface area contributed by atoms with Gasteiger partial charge in [0.05, 0.1) is 5.02 Å². The van der Waals surface area contributed by atoms with Gasteiger partial charge >= 0.3 is 12.1 Å². The van der Waals surface area contributed by atoms with Gasteiger partial charge < -0.3 is 10.8 Å². The summed E-state index contributed by atoms with van der Waals surface area (Å²) in [5, 5.41) is 8.71. The number of aliphatic carboxylic acids is 1. The van der Waals surface area contributed by atoms with Gasteiger partial charge in [-0.15, -0.1) is 11.8 Å². The third-order valence-electron chi connectivity index (χ3n) is 2.05. The van der Waals surface area contributed by atoms with E-state index in [0.717, 1.165) is 11.8 Å². The summed E-state index contributed by atoms with van der Waals surface area (Å²) < 4.78 is 37.2. The number of hydrogen-bond acceptors (Lipinski definition) is 3. The Morgan fingerprint density at radius 2 is 2.11 bits per heavy atom. The summed E-state index contributed by atoms with van der Waals surface area (Å²) in [5.41, 5.74) is 5.82. The van der Waals surface area contributed by atoms with Crippen molar-refractivity contribution in [1.29, 1.82) is 0 Å². The van der Waals surface area contributed by atoms with E-state index in [1.807, 2.05) is 0 Å². The van der Waals surface area contributed by atoms with Crippen LogP contribution in [0.25, 0.3) is 0 Å². The molecule has 0 aliphatic rings. The Morgan fingerprint density at radius 3 is 2.56 bits per heavy atom. The minimum absolute atomic E-state index is 0.200. The number of alkyl halides is 3. The summed E-state index contributed by atoms with van der Waals surface area (Å²) >= 11 is 6.51. The molecule has 1 unspecified atom stereocenters. The van der Waals surface area contributed by atoms with Crippen LogP contribution in [0.2, 0.25) is 5.02 Å². The minimum atomic E-state index is -4.78. The molecule has 1 atom stereocenters. The maximum absolute atomic E-state index is 12.4. The number of anilines is 1. The number of hydrogen-bond donors (Lipinski definition) is 2. The van der Waals surface area contributed by atoms with E-state index in [1.165, 1.54) is 18.2 Å². The topological polar surface area (TPSA) is 63.3 Å². The van der Waals surface area contributed by atoms with E-state index >= 15 is 0 Å². The molecule has 1 rings (SSSR count). The van der Waals surface area contributed by atoms with Crippen LogP contribution in [-0.2, 0) is 4.79 Å². The summed E-state index contributed by atoms with van der Waals surface area (Å²) in [5.74, 6) is -4.96. The first kappa shape index (κ1) is 15.0. The van der Waals surface area contributed by atoms with Crippen molar-refractivity contribution in [3.05, 3.63) is 23.2 Å². The van der Waals surface area contributed by atoms with Crippen LogP contribution in [0.4, 0.5) is 18.9 Å². The molecule has 0 amide bonds. The van der Waals surface area contributed by atoms with E-state index in [1.54, 1.807) is 0 Å². The number of nitrogens with two attached hydrogens (primary N) is 1. The Labute approximate surface area is 110 Å². The highest BCUT2D eigenvalue weighted by Crippen LogP contribution is 2.35. The number of nitrogen functional groups attached to an aromatic ring is 1. The van der Waals surface area contributed by atoms with Crippen LogP contribution >= 0.6 is 23.4 Å². The van der Waals surface area contributed by atoms with Crippen molar-refractivity contribution in [1.82, 2.24) is 0 Å². The summed E-state index contributed by atoms with van der Waals surface area (Å²) in [6.07, 6.45) is -4.78. The number of carboxylic acid groups (broad SMARTS) is 1. The molecule has 0 fully saturated rings. The SMILES string of the molecule is Nc1ccc(SCC(C(=O)O)C(F)(F)F)c(Cl)c1. The molecule has 18 heavy (non-hydrogen) atoms. The van der Waals surface area contributed by atoms with Crippen LogP contribution in [-0.4, -0.2) is 23.0 Å². The lowest BCUT2D eigenvalue weighted by Gasteiger charge is -2.15. The second kappa shape index (κ2) is 5.71. The zero-order valence-corrected chi connectivity index (χ0v) is 10.4. The second-order valence-electron chi connectivity index (χ2n) is 3.43. The first-order valence-electron chi connectivity index (χ1n) is 4.69. The Morgan fingerprint density at radius 1 is 1.50 bits per heavy atom. The predicted octanol–water partition coefficient (Wildman–Crippen LogP) is 3.28. The summed E-state index contributed by atoms with van der Waals surface area (Å²) in [6.45, 7) is 0. The standard InChI is InChI=1S/C10H9ClF3NO2S/c11-7-3-5(15)1-2-8(7)18-4-6(9(16)17)10(12,13)14/h1-3,6H,4,15H2,(H,16,17). The van der Waals surface area contributed by atoms with Gasteiger partial charge in [0.25, 0.3) is 0 Å². The van der Waals surface area contributed by atoms with Gasteiger partial charge in [-0.05, 0) is 18.2 Å². The van der Waals surface area contributed by atoms with Gasteiger partial charge in [-0.3, -0.25) is 4.79 Å². The molecule has 0 aliphatic heterocycles. The quantitative estimate of drug-likeness (QED) is 0.661. The van der Waals surface area contributed by atoms with Gasteiger partial charge in [-0.1, -0.05) is 11.6 Å². The Balaban J connectivity index is 2.77. The zero-order chi connectivity index (χ0) is 13.9. The van der Waals surface area contributed by atoms with E-state index < -0.39 is 23.8 Å². The van der Waals surface area contributed by atoms with Gasteiger partial charge in [-0.25, -0.2) is 0 Å². The minimum Gasteiger partial charge on any atom is -0.481 e. The van der Waals surface area contributed by atoms with Crippen molar-refractivity contribution in [3.8, 4) is 0 Å². The van der Waals surface area contributed by atoms with Crippen molar-refractivity contribution in [3.63, 3.8) is 0 Å². The molecule has 0 radical (unpaired) electrons. The molecule has 8 heteroatoms. The lowest BCUT2D eigenvalue weighted by atomic mass is 10.2. The van der Waals surface area contributed by atoms with Crippen LogP contribution in [0.3, 0.4) is 0 Å². The van der Waals surface area contributed by atoms with Gasteiger partial charge in [0.1, 0.15) is 0 Å². The lowest BCUT2D eigenvalue weighted by Crippen LogP contribution is -2.32. The van der Waals surface area contributed by atoms with E-state index in [2.05, 4.69) is 0 Å². The normalized spacial score (nSPS) is 13.3. The van der Waals surface area contributed by atoms with Crippen LogP contribution in [0.5, 0.6) is 0 Å². The van der Waals surface area contributed by atoms with Crippen molar-refractivity contribution >= 4 is 35.0 Å². The second-order valence-corrected chi connectivity index (χ2v) is 4.90. The Hall–Kier alpha value is -1.08. The molecular weight excluding hydrogens is 291 g/mol. The van der Waals surface area contributed by atoms with Crippen LogP contribution < -0.4 is 5.73 Å². The summed E-state index contributed by atoms with van der Waals surface area (Å²) in [4.78, 5) is 10.9. The zero-order valence-electron chi connectivity index (χ0n) is 8.87. The average molecular weight is 300 g/mol. The molecular formula is C10H9ClF3NO2S. The number of thioether (sulfide) groups is 1. The fourth-order valence-electron chi connectivity index (χ4n) is 1.11. The molecule has 0 heterocycles. The van der Waals surface area contributed by atoms with Crippen LogP contribution in [0.15, 0.2) is 23.1 Å². The monoisotopic (exact) mass is 299 g/mol. The third-order valence-corrected chi connectivity index (χ3v) is 3.65. The molecule has 0 aromatic heterocycles. The highest BCUT2D eigenvalue weighted by Gasteiger charge is 2.44. The molecule has 0 saturated carbocycles. The highest BCUT2D eigenvalue weighted by molar-refractivity contribution is 7.99. The molecule has 100 valence electrons. The molecule has 0 bridgehead atoms. The summed E-state index contributed by atoms with van der Waals surface area (Å²) in [6, 6.07) is 4.34. The lowest BCUT2D eigenvalue weighted by molar-refractivity contribution is -0.188. The number of halogens is 4. The van der Waals surface area contributed by atoms with E-state index in [-0.39, 0.29) is 5.02 Å². The van der Waals surface area contributed by atoms with Crippen molar-refractivity contribution in [2.75, 3.05) is 11.5 Å². The van der Waals surface area contributed by atoms with Gasteiger partial charge in [0.15, 0.2) is 5.92 Å². The van der Waals surface area contributed by atoms with E-state index in [4.69, 9.17) is 22.4 Å². The van der Waals surface area contributed by atoms with Crippen molar-refractivity contribution < 1.29 is 23.1 Å². The van der Waals surface area contributed by atoms with Crippen LogP contribution in [0.1, 0.15) is 0 Å². The van der Waals surface area contributed by atoms with Gasteiger partial charge in [-0.2, -0.15) is 13.2 Å².